The molecule has 10 atom stereocenters. The van der Waals surface area contributed by atoms with Gasteiger partial charge in [0.2, 0.25) is 0 Å². The molecule has 186 valence electrons. The van der Waals surface area contributed by atoms with Gasteiger partial charge < -0.3 is 14.8 Å². The highest BCUT2D eigenvalue weighted by Crippen LogP contribution is 2.82. The molecule has 5 nitrogen and oxygen atoms in total. The smallest absolute Gasteiger partial charge is 0.273 e. The van der Waals surface area contributed by atoms with Crippen molar-refractivity contribution >= 4 is 5.91 Å². The summed E-state index contributed by atoms with van der Waals surface area (Å²) in [4.78, 5) is 16.6. The molecule has 5 aliphatic carbocycles. The molecule has 5 aliphatic rings. The largest absolute Gasteiger partial charge is 0.488 e. The Kier molecular flexibility index (Phi) is 5.16. The molecule has 1 amide bonds. The fourth-order valence-corrected chi connectivity index (χ4v) is 10.4. The number of carbonyl (C=O) groups excluding carboxylic acids is 1. The zero-order valence-electron chi connectivity index (χ0n) is 21.6. The van der Waals surface area contributed by atoms with Crippen molar-refractivity contribution in [1.29, 1.82) is 0 Å². The third kappa shape index (κ3) is 2.82. The molecule has 1 aromatic heterocycles. The van der Waals surface area contributed by atoms with Crippen LogP contribution in [0.4, 0.5) is 0 Å². The Morgan fingerprint density at radius 1 is 1.18 bits per heavy atom. The standard InChI is InChI=1S/C29H42N2O3/c1-17(34-23-7-6-14-31-25(23)26(32)30-4)20-8-9-21-19-15-24(33-5)29-16-18(29)10-13-28(29,3)22(19)11-12-27(20,21)2/h6-7,14,17-22,24H,8-13,15-16H2,1-5H3,(H,30,32)/t17-,18?,19-,20+,21-,22-,24?,27+,28+,29-/m0/s1. The summed E-state index contributed by atoms with van der Waals surface area (Å²) in [6.45, 7) is 7.41. The maximum Gasteiger partial charge on any atom is 0.273 e. The van der Waals surface area contributed by atoms with Gasteiger partial charge in [-0.25, -0.2) is 4.98 Å². The Labute approximate surface area is 204 Å². The fraction of sp³-hybridized carbons (Fsp3) is 0.793. The van der Waals surface area contributed by atoms with Gasteiger partial charge in [-0.1, -0.05) is 13.8 Å². The van der Waals surface area contributed by atoms with Crippen LogP contribution in [0.15, 0.2) is 18.3 Å². The van der Waals surface area contributed by atoms with Crippen LogP contribution >= 0.6 is 0 Å². The highest BCUT2D eigenvalue weighted by atomic mass is 16.5. The number of carbonyl (C=O) groups is 1. The Balaban J connectivity index is 1.25. The molecule has 5 fully saturated rings. The average molecular weight is 467 g/mol. The molecule has 34 heavy (non-hydrogen) atoms. The summed E-state index contributed by atoms with van der Waals surface area (Å²) in [6.07, 6.45) is 12.9. The number of amides is 1. The van der Waals surface area contributed by atoms with Crippen LogP contribution in [0.2, 0.25) is 0 Å². The van der Waals surface area contributed by atoms with Crippen molar-refractivity contribution in [3.63, 3.8) is 0 Å². The molecule has 1 heterocycles. The summed E-state index contributed by atoms with van der Waals surface area (Å²) in [5.74, 6) is 4.22. The van der Waals surface area contributed by atoms with Gasteiger partial charge in [-0.05, 0) is 105 Å². The van der Waals surface area contributed by atoms with E-state index in [-0.39, 0.29) is 17.4 Å². The van der Waals surface area contributed by atoms with Gasteiger partial charge >= 0.3 is 0 Å². The number of rotatable bonds is 5. The lowest BCUT2D eigenvalue weighted by Gasteiger charge is -2.61. The van der Waals surface area contributed by atoms with Crippen LogP contribution < -0.4 is 10.1 Å². The second kappa shape index (κ2) is 7.69. The molecular weight excluding hydrogens is 424 g/mol. The Morgan fingerprint density at radius 3 is 2.74 bits per heavy atom. The first kappa shape index (κ1) is 22.8. The Hall–Kier alpha value is -1.62. The number of ether oxygens (including phenoxy) is 2. The molecule has 1 aromatic rings. The van der Waals surface area contributed by atoms with Crippen molar-refractivity contribution < 1.29 is 14.3 Å². The van der Waals surface area contributed by atoms with Crippen molar-refractivity contribution in [1.82, 2.24) is 10.3 Å². The second-order valence-electron chi connectivity index (χ2n) is 12.7. The lowest BCUT2D eigenvalue weighted by atomic mass is 9.45. The predicted octanol–water partition coefficient (Wildman–Crippen LogP) is 5.49. The highest BCUT2D eigenvalue weighted by Gasteiger charge is 2.77. The summed E-state index contributed by atoms with van der Waals surface area (Å²) in [7, 11) is 3.61. The number of pyridine rings is 1. The molecule has 5 saturated carbocycles. The maximum atomic E-state index is 12.3. The minimum absolute atomic E-state index is 0.0576. The van der Waals surface area contributed by atoms with E-state index in [9.17, 15) is 4.79 Å². The molecule has 6 rings (SSSR count). The van der Waals surface area contributed by atoms with E-state index < -0.39 is 0 Å². The van der Waals surface area contributed by atoms with Crippen molar-refractivity contribution in [2.45, 2.75) is 84.3 Å². The molecule has 0 saturated heterocycles. The van der Waals surface area contributed by atoms with Crippen molar-refractivity contribution in [3.8, 4) is 5.75 Å². The number of hydrogen-bond donors (Lipinski definition) is 1. The number of fused-ring (bicyclic) bond motifs is 4. The topological polar surface area (TPSA) is 60.5 Å². The molecule has 0 bridgehead atoms. The fourth-order valence-electron chi connectivity index (χ4n) is 10.4. The number of nitrogens with one attached hydrogen (secondary N) is 1. The zero-order valence-corrected chi connectivity index (χ0v) is 21.6. The lowest BCUT2D eigenvalue weighted by molar-refractivity contribution is -0.162. The lowest BCUT2D eigenvalue weighted by Crippen LogP contribution is -2.57. The average Bonchev–Trinajstić information content (AvgIpc) is 3.34. The van der Waals surface area contributed by atoms with Crippen LogP contribution in [0.1, 0.15) is 82.6 Å². The molecule has 1 spiro atoms. The van der Waals surface area contributed by atoms with Gasteiger partial charge in [0.05, 0.1) is 12.2 Å². The SMILES string of the molecule is CNC(=O)c1ncccc1O[C@@H](C)[C@H]1CC[C@H]2[C@@H]3CC(OC)[C@]45CC4CC[C@]5(C)[C@H]3CC[C@]12C. The third-order valence-electron chi connectivity index (χ3n) is 12.0. The van der Waals surface area contributed by atoms with Crippen molar-refractivity contribution in [2.24, 2.45) is 45.8 Å². The number of hydrogen-bond acceptors (Lipinski definition) is 4. The summed E-state index contributed by atoms with van der Waals surface area (Å²) in [5.41, 5.74) is 1.63. The zero-order chi connectivity index (χ0) is 23.9. The molecule has 1 N–H and O–H groups in total. The van der Waals surface area contributed by atoms with E-state index in [2.05, 4.69) is 31.1 Å². The molecule has 0 radical (unpaired) electrons. The summed E-state index contributed by atoms with van der Waals surface area (Å²) in [6, 6.07) is 3.74. The third-order valence-corrected chi connectivity index (χ3v) is 12.0. The normalized spacial score (nSPS) is 47.1. The van der Waals surface area contributed by atoms with Crippen LogP contribution in [0.3, 0.4) is 0 Å². The number of nitrogens with zero attached hydrogens (tertiary/aromatic N) is 1. The van der Waals surface area contributed by atoms with Crippen molar-refractivity contribution in [2.75, 3.05) is 14.2 Å². The van der Waals surface area contributed by atoms with Gasteiger partial charge in [0.15, 0.2) is 11.4 Å². The first-order chi connectivity index (χ1) is 16.3. The molecular formula is C29H42N2O3. The van der Waals surface area contributed by atoms with Crippen LogP contribution in [0.5, 0.6) is 5.75 Å². The van der Waals surface area contributed by atoms with Crippen LogP contribution in [0, 0.1) is 45.8 Å². The summed E-state index contributed by atoms with van der Waals surface area (Å²) in [5, 5.41) is 2.69. The van der Waals surface area contributed by atoms with Gasteiger partial charge in [0.25, 0.3) is 5.91 Å². The second-order valence-corrected chi connectivity index (χ2v) is 12.7. The van der Waals surface area contributed by atoms with E-state index in [1.165, 1.54) is 51.4 Å². The number of methoxy groups -OCH3 is 1. The van der Waals surface area contributed by atoms with E-state index in [1.54, 1.807) is 13.2 Å². The Morgan fingerprint density at radius 2 is 2.00 bits per heavy atom. The van der Waals surface area contributed by atoms with E-state index in [0.29, 0.717) is 34.3 Å². The van der Waals surface area contributed by atoms with E-state index in [0.717, 1.165) is 23.7 Å². The predicted molar refractivity (Wildman–Crippen MR) is 132 cm³/mol. The first-order valence-electron chi connectivity index (χ1n) is 13.7. The van der Waals surface area contributed by atoms with Gasteiger partial charge in [-0.15, -0.1) is 0 Å². The molecule has 0 aromatic carbocycles. The van der Waals surface area contributed by atoms with Crippen LogP contribution in [0.25, 0.3) is 0 Å². The molecule has 0 aliphatic heterocycles. The quantitative estimate of drug-likeness (QED) is 0.623. The van der Waals surface area contributed by atoms with E-state index in [4.69, 9.17) is 9.47 Å². The monoisotopic (exact) mass is 466 g/mol. The van der Waals surface area contributed by atoms with Gasteiger partial charge in [0.1, 0.15) is 0 Å². The summed E-state index contributed by atoms with van der Waals surface area (Å²) >= 11 is 0. The molecule has 5 heteroatoms. The summed E-state index contributed by atoms with van der Waals surface area (Å²) < 4.78 is 12.8. The van der Waals surface area contributed by atoms with Gasteiger partial charge in [-0.2, -0.15) is 0 Å². The van der Waals surface area contributed by atoms with Crippen LogP contribution in [-0.4, -0.2) is 37.3 Å². The van der Waals surface area contributed by atoms with E-state index in [1.807, 2.05) is 19.2 Å². The van der Waals surface area contributed by atoms with Crippen molar-refractivity contribution in [3.05, 3.63) is 24.0 Å². The Bertz CT molecular complexity index is 982. The first-order valence-corrected chi connectivity index (χ1v) is 13.7. The molecule has 2 unspecified atom stereocenters. The highest BCUT2D eigenvalue weighted by molar-refractivity contribution is 5.94. The van der Waals surface area contributed by atoms with E-state index >= 15 is 0 Å². The minimum Gasteiger partial charge on any atom is -0.488 e. The minimum atomic E-state index is -0.191. The van der Waals surface area contributed by atoms with Gasteiger partial charge in [-0.3, -0.25) is 4.79 Å². The van der Waals surface area contributed by atoms with Gasteiger partial charge in [0, 0.05) is 31.7 Å². The maximum absolute atomic E-state index is 12.3. The number of aromatic nitrogens is 1. The van der Waals surface area contributed by atoms with Crippen LogP contribution in [-0.2, 0) is 4.74 Å².